The Balaban J connectivity index is 1.77. The number of ether oxygens (including phenoxy) is 1. The van der Waals surface area contributed by atoms with Crippen molar-refractivity contribution in [1.29, 1.82) is 0 Å². The van der Waals surface area contributed by atoms with Crippen LogP contribution in [0.1, 0.15) is 13.8 Å². The Labute approximate surface area is 149 Å². The number of aromatic nitrogens is 2. The van der Waals surface area contributed by atoms with Crippen molar-refractivity contribution in [2.75, 3.05) is 12.4 Å². The Hall–Kier alpha value is -1.92. The summed E-state index contributed by atoms with van der Waals surface area (Å²) in [5, 5.41) is 1.81. The molecular formula is C18H18N2O2S2. The first-order chi connectivity index (χ1) is 11.6. The van der Waals surface area contributed by atoms with Gasteiger partial charge in [-0.3, -0.25) is 4.79 Å². The monoisotopic (exact) mass is 358 g/mol. The molecule has 0 N–H and O–H groups in total. The highest BCUT2D eigenvalue weighted by Gasteiger charge is 2.13. The van der Waals surface area contributed by atoms with Crippen molar-refractivity contribution in [2.45, 2.75) is 18.9 Å². The molecule has 0 aliphatic rings. The standard InChI is InChI=1S/C18H18N2O2S2/c1-12(2)9-22-16(21)10-23-17-14-8-15(13-6-4-3-5-7-13)24-18(14)20-11-19-17/h3-8,11-12H,9-10H2,1-2H3. The van der Waals surface area contributed by atoms with E-state index in [0.717, 1.165) is 25.7 Å². The second-order valence-electron chi connectivity index (χ2n) is 5.74. The van der Waals surface area contributed by atoms with E-state index in [9.17, 15) is 4.79 Å². The largest absolute Gasteiger partial charge is 0.465 e. The molecule has 6 heteroatoms. The lowest BCUT2D eigenvalue weighted by Gasteiger charge is -2.06. The van der Waals surface area contributed by atoms with Crippen LogP contribution in [0, 0.1) is 5.92 Å². The maximum absolute atomic E-state index is 11.8. The Morgan fingerprint density at radius 2 is 2.04 bits per heavy atom. The second-order valence-corrected chi connectivity index (χ2v) is 7.73. The Bertz CT molecular complexity index is 831. The number of thiophene rings is 1. The molecule has 0 spiro atoms. The molecular weight excluding hydrogens is 340 g/mol. The Morgan fingerprint density at radius 1 is 1.25 bits per heavy atom. The average molecular weight is 358 g/mol. The number of thioether (sulfide) groups is 1. The van der Waals surface area contributed by atoms with Gasteiger partial charge in [-0.25, -0.2) is 9.97 Å². The minimum atomic E-state index is -0.209. The number of fused-ring (bicyclic) bond motifs is 1. The summed E-state index contributed by atoms with van der Waals surface area (Å²) in [5.41, 5.74) is 1.16. The molecule has 2 heterocycles. The van der Waals surface area contributed by atoms with Crippen LogP contribution in [0.3, 0.4) is 0 Å². The van der Waals surface area contributed by atoms with Crippen LogP contribution in [0.4, 0.5) is 0 Å². The molecule has 3 rings (SSSR count). The van der Waals surface area contributed by atoms with Gasteiger partial charge in [-0.1, -0.05) is 55.9 Å². The average Bonchev–Trinajstić information content (AvgIpc) is 3.03. The van der Waals surface area contributed by atoms with Crippen LogP contribution in [0.2, 0.25) is 0 Å². The van der Waals surface area contributed by atoms with Gasteiger partial charge in [-0.2, -0.15) is 0 Å². The van der Waals surface area contributed by atoms with E-state index in [2.05, 4.69) is 28.2 Å². The summed E-state index contributed by atoms with van der Waals surface area (Å²) < 4.78 is 5.21. The van der Waals surface area contributed by atoms with Gasteiger partial charge in [0.15, 0.2) is 0 Å². The van der Waals surface area contributed by atoms with Gasteiger partial charge in [0.2, 0.25) is 0 Å². The molecule has 3 aromatic rings. The van der Waals surface area contributed by atoms with E-state index in [-0.39, 0.29) is 11.7 Å². The number of rotatable bonds is 6. The lowest BCUT2D eigenvalue weighted by molar-refractivity contribution is -0.141. The molecule has 0 saturated carbocycles. The zero-order chi connectivity index (χ0) is 16.9. The van der Waals surface area contributed by atoms with E-state index in [1.807, 2.05) is 32.0 Å². The SMILES string of the molecule is CC(C)COC(=O)CSc1ncnc2sc(-c3ccccc3)cc12. The van der Waals surface area contributed by atoms with Crippen LogP contribution in [0.25, 0.3) is 20.7 Å². The topological polar surface area (TPSA) is 52.1 Å². The number of hydrogen-bond donors (Lipinski definition) is 0. The lowest BCUT2D eigenvalue weighted by Crippen LogP contribution is -2.11. The van der Waals surface area contributed by atoms with Crippen LogP contribution >= 0.6 is 23.1 Å². The molecule has 0 atom stereocenters. The van der Waals surface area contributed by atoms with Gasteiger partial charge >= 0.3 is 5.97 Å². The molecule has 1 aromatic carbocycles. The zero-order valence-corrected chi connectivity index (χ0v) is 15.2. The maximum Gasteiger partial charge on any atom is 0.316 e. The number of hydrogen-bond acceptors (Lipinski definition) is 6. The van der Waals surface area contributed by atoms with Gasteiger partial charge in [0, 0.05) is 10.3 Å². The second kappa shape index (κ2) is 7.77. The minimum absolute atomic E-state index is 0.209. The number of esters is 1. The predicted molar refractivity (Wildman–Crippen MR) is 99.4 cm³/mol. The molecule has 0 fully saturated rings. The summed E-state index contributed by atoms with van der Waals surface area (Å²) in [7, 11) is 0. The van der Waals surface area contributed by atoms with E-state index >= 15 is 0 Å². The van der Waals surface area contributed by atoms with Gasteiger partial charge in [0.1, 0.15) is 16.2 Å². The highest BCUT2D eigenvalue weighted by molar-refractivity contribution is 8.00. The quantitative estimate of drug-likeness (QED) is 0.365. The van der Waals surface area contributed by atoms with Gasteiger partial charge in [-0.05, 0) is 17.5 Å². The molecule has 0 amide bonds. The van der Waals surface area contributed by atoms with Crippen LogP contribution in [0.15, 0.2) is 47.8 Å². The number of nitrogens with zero attached hydrogens (tertiary/aromatic N) is 2. The first kappa shape index (κ1) is 16.9. The lowest BCUT2D eigenvalue weighted by atomic mass is 10.2. The number of benzene rings is 1. The third-order valence-corrected chi connectivity index (χ3v) is 5.33. The highest BCUT2D eigenvalue weighted by Crippen LogP contribution is 2.36. The fraction of sp³-hybridized carbons (Fsp3) is 0.278. The Kier molecular flexibility index (Phi) is 5.48. The maximum atomic E-state index is 11.8. The minimum Gasteiger partial charge on any atom is -0.465 e. The third-order valence-electron chi connectivity index (χ3n) is 3.26. The van der Waals surface area contributed by atoms with Crippen LogP contribution in [0.5, 0.6) is 0 Å². The van der Waals surface area contributed by atoms with Gasteiger partial charge in [0.25, 0.3) is 0 Å². The zero-order valence-electron chi connectivity index (χ0n) is 13.6. The molecule has 0 unspecified atom stereocenters. The molecule has 0 radical (unpaired) electrons. The fourth-order valence-electron chi connectivity index (χ4n) is 2.12. The van der Waals surface area contributed by atoms with Crippen molar-refractivity contribution >= 4 is 39.3 Å². The van der Waals surface area contributed by atoms with Crippen molar-refractivity contribution in [1.82, 2.24) is 9.97 Å². The van der Waals surface area contributed by atoms with E-state index in [1.165, 1.54) is 11.8 Å². The van der Waals surface area contributed by atoms with Crippen LogP contribution in [-0.2, 0) is 9.53 Å². The summed E-state index contributed by atoms with van der Waals surface area (Å²) in [4.78, 5) is 22.6. The third kappa shape index (κ3) is 4.13. The normalized spacial score (nSPS) is 11.1. The summed E-state index contributed by atoms with van der Waals surface area (Å²) in [5.74, 6) is 0.393. The molecule has 0 aliphatic carbocycles. The van der Waals surface area contributed by atoms with Crippen LogP contribution in [-0.4, -0.2) is 28.3 Å². The molecule has 4 nitrogen and oxygen atoms in total. The van der Waals surface area contributed by atoms with Gasteiger partial charge < -0.3 is 4.74 Å². The smallest absolute Gasteiger partial charge is 0.316 e. The van der Waals surface area contributed by atoms with Crippen molar-refractivity contribution in [2.24, 2.45) is 5.92 Å². The summed E-state index contributed by atoms with van der Waals surface area (Å²) in [6.45, 7) is 4.49. The van der Waals surface area contributed by atoms with Crippen molar-refractivity contribution < 1.29 is 9.53 Å². The van der Waals surface area contributed by atoms with Crippen molar-refractivity contribution in [3.63, 3.8) is 0 Å². The molecule has 24 heavy (non-hydrogen) atoms. The highest BCUT2D eigenvalue weighted by atomic mass is 32.2. The number of carbonyl (C=O) groups excluding carboxylic acids is 1. The molecule has 2 aromatic heterocycles. The van der Waals surface area contributed by atoms with Gasteiger partial charge in [-0.15, -0.1) is 11.3 Å². The first-order valence-electron chi connectivity index (χ1n) is 7.72. The molecule has 0 bridgehead atoms. The van der Waals surface area contributed by atoms with E-state index in [1.54, 1.807) is 17.7 Å². The van der Waals surface area contributed by atoms with E-state index < -0.39 is 0 Å². The molecule has 124 valence electrons. The van der Waals surface area contributed by atoms with E-state index in [4.69, 9.17) is 4.74 Å². The summed E-state index contributed by atoms with van der Waals surface area (Å²) in [6, 6.07) is 12.3. The predicted octanol–water partition coefficient (Wildman–Crippen LogP) is 4.65. The molecule has 0 saturated heterocycles. The Morgan fingerprint density at radius 3 is 2.79 bits per heavy atom. The van der Waals surface area contributed by atoms with Gasteiger partial charge in [0.05, 0.1) is 12.4 Å². The van der Waals surface area contributed by atoms with Crippen LogP contribution < -0.4 is 0 Å². The fourth-order valence-corrected chi connectivity index (χ4v) is 3.96. The summed E-state index contributed by atoms with van der Waals surface area (Å²) in [6.07, 6.45) is 1.55. The van der Waals surface area contributed by atoms with Crippen molar-refractivity contribution in [3.05, 3.63) is 42.7 Å². The first-order valence-corrected chi connectivity index (χ1v) is 9.52. The van der Waals surface area contributed by atoms with Crippen molar-refractivity contribution in [3.8, 4) is 10.4 Å². The number of carbonyl (C=O) groups is 1. The molecule has 0 aliphatic heterocycles. The van der Waals surface area contributed by atoms with E-state index in [0.29, 0.717) is 12.5 Å². The summed E-state index contributed by atoms with van der Waals surface area (Å²) >= 11 is 3.03.